The van der Waals surface area contributed by atoms with E-state index in [4.69, 9.17) is 19.3 Å². The minimum atomic E-state index is -0.364. The lowest BCUT2D eigenvalue weighted by Gasteiger charge is -2.30. The summed E-state index contributed by atoms with van der Waals surface area (Å²) in [4.78, 5) is 31.0. The van der Waals surface area contributed by atoms with Crippen molar-refractivity contribution in [2.24, 2.45) is 0 Å². The van der Waals surface area contributed by atoms with E-state index in [1.807, 2.05) is 54.1 Å². The van der Waals surface area contributed by atoms with Crippen molar-refractivity contribution in [3.8, 4) is 17.2 Å². The van der Waals surface area contributed by atoms with Crippen molar-refractivity contribution in [3.63, 3.8) is 0 Å². The van der Waals surface area contributed by atoms with Crippen LogP contribution in [0.25, 0.3) is 5.69 Å². The largest absolute Gasteiger partial charge is 0.497 e. The second-order valence-electron chi connectivity index (χ2n) is 11.4. The molecule has 0 aliphatic carbocycles. The number of aryl methyl sites for hydroxylation is 1. The minimum Gasteiger partial charge on any atom is -0.497 e. The molecule has 3 heterocycles. The Bertz CT molecular complexity index is 1440. The van der Waals surface area contributed by atoms with Crippen molar-refractivity contribution in [3.05, 3.63) is 64.8 Å². The third kappa shape index (κ3) is 5.81. The zero-order valence-corrected chi connectivity index (χ0v) is 25.4. The molecular formula is C31H38N4O5S. The number of benzene rings is 2. The predicted molar refractivity (Wildman–Crippen MR) is 161 cm³/mol. The first-order valence-electron chi connectivity index (χ1n) is 13.8. The van der Waals surface area contributed by atoms with Crippen molar-refractivity contribution >= 4 is 29.4 Å². The molecule has 9 nitrogen and oxygen atoms in total. The zero-order valence-electron chi connectivity index (χ0n) is 24.6. The Morgan fingerprint density at radius 1 is 1.10 bits per heavy atom. The van der Waals surface area contributed by atoms with E-state index in [1.54, 1.807) is 24.0 Å². The number of anilines is 1. The first kappa shape index (κ1) is 29.0. The molecule has 1 saturated heterocycles. The van der Waals surface area contributed by atoms with Crippen molar-refractivity contribution in [2.45, 2.75) is 38.4 Å². The molecule has 1 fully saturated rings. The summed E-state index contributed by atoms with van der Waals surface area (Å²) in [7, 11) is 3.28. The molecule has 41 heavy (non-hydrogen) atoms. The lowest BCUT2D eigenvalue weighted by atomic mass is 9.87. The van der Waals surface area contributed by atoms with Gasteiger partial charge in [0.25, 0.3) is 0 Å². The van der Waals surface area contributed by atoms with E-state index in [9.17, 15) is 9.59 Å². The maximum atomic E-state index is 14.0. The van der Waals surface area contributed by atoms with Gasteiger partial charge in [-0.05, 0) is 42.8 Å². The quantitative estimate of drug-likeness (QED) is 0.425. The third-order valence-corrected chi connectivity index (χ3v) is 8.66. The molecule has 1 aromatic heterocycles. The second-order valence-corrected chi connectivity index (χ2v) is 12.5. The van der Waals surface area contributed by atoms with Gasteiger partial charge in [0, 0.05) is 29.6 Å². The smallest absolute Gasteiger partial charge is 0.242 e. The monoisotopic (exact) mass is 578 g/mol. The number of nitrogens with zero attached hydrogens (tertiary/aromatic N) is 4. The third-order valence-electron chi connectivity index (χ3n) is 7.42. The molecule has 2 amide bonds. The fourth-order valence-electron chi connectivity index (χ4n) is 5.35. The molecular weight excluding hydrogens is 540 g/mol. The van der Waals surface area contributed by atoms with Gasteiger partial charge in [0.1, 0.15) is 23.9 Å². The first-order valence-corrected chi connectivity index (χ1v) is 14.9. The van der Waals surface area contributed by atoms with Crippen molar-refractivity contribution < 1.29 is 23.8 Å². The van der Waals surface area contributed by atoms with Crippen LogP contribution in [0, 0.1) is 6.92 Å². The Labute approximate surface area is 245 Å². The summed E-state index contributed by atoms with van der Waals surface area (Å²) in [5, 5.41) is 4.89. The molecule has 0 N–H and O–H groups in total. The Hall–Kier alpha value is -3.50. The van der Waals surface area contributed by atoms with Crippen LogP contribution < -0.4 is 14.4 Å². The highest BCUT2D eigenvalue weighted by molar-refractivity contribution is 8.00. The summed E-state index contributed by atoms with van der Waals surface area (Å²) in [6, 6.07) is 13.8. The molecule has 0 unspecified atom stereocenters. The van der Waals surface area contributed by atoms with Crippen LogP contribution in [0.15, 0.2) is 42.5 Å². The van der Waals surface area contributed by atoms with E-state index >= 15 is 0 Å². The molecule has 0 bridgehead atoms. The second kappa shape index (κ2) is 11.8. The number of hydrogen-bond donors (Lipinski definition) is 0. The number of rotatable bonds is 6. The number of ether oxygens (including phenoxy) is 3. The van der Waals surface area contributed by atoms with E-state index in [0.717, 1.165) is 28.1 Å². The van der Waals surface area contributed by atoms with Crippen LogP contribution in [0.2, 0.25) is 0 Å². The lowest BCUT2D eigenvalue weighted by Crippen LogP contribution is -2.48. The summed E-state index contributed by atoms with van der Waals surface area (Å²) in [5.41, 5.74) is 4.18. The van der Waals surface area contributed by atoms with Crippen LogP contribution >= 0.6 is 11.8 Å². The van der Waals surface area contributed by atoms with Gasteiger partial charge >= 0.3 is 0 Å². The number of hydrogen-bond acceptors (Lipinski definition) is 7. The van der Waals surface area contributed by atoms with Gasteiger partial charge in [-0.3, -0.25) is 14.5 Å². The summed E-state index contributed by atoms with van der Waals surface area (Å²) in [6.45, 7) is 10.3. The number of aromatic nitrogens is 2. The fraction of sp³-hybridized carbons (Fsp3) is 0.452. The van der Waals surface area contributed by atoms with Crippen LogP contribution in [0.1, 0.15) is 48.4 Å². The SMILES string of the molecule is COc1ccc(OC)c([C@H]2SCC(=O)N(CC(=O)N3CCOCC3)c3c2c(C(C)(C)C)nn3-c2cccc(C)c2)c1. The molecule has 10 heteroatoms. The van der Waals surface area contributed by atoms with E-state index in [-0.39, 0.29) is 34.8 Å². The minimum absolute atomic E-state index is 0.0740. The highest BCUT2D eigenvalue weighted by atomic mass is 32.2. The first-order chi connectivity index (χ1) is 19.6. The Kier molecular flexibility index (Phi) is 8.33. The number of thioether (sulfide) groups is 1. The van der Waals surface area contributed by atoms with Crippen molar-refractivity contribution in [2.75, 3.05) is 57.7 Å². The van der Waals surface area contributed by atoms with Crippen molar-refractivity contribution in [1.82, 2.24) is 14.7 Å². The summed E-state index contributed by atoms with van der Waals surface area (Å²) >= 11 is 1.52. The van der Waals surface area contributed by atoms with E-state index in [2.05, 4.69) is 20.8 Å². The van der Waals surface area contributed by atoms with Crippen molar-refractivity contribution in [1.29, 1.82) is 0 Å². The molecule has 5 rings (SSSR count). The maximum absolute atomic E-state index is 14.0. The Morgan fingerprint density at radius 3 is 2.51 bits per heavy atom. The topological polar surface area (TPSA) is 86.1 Å². The number of amides is 2. The van der Waals surface area contributed by atoms with Gasteiger partial charge in [0.15, 0.2) is 0 Å². The van der Waals surface area contributed by atoms with Gasteiger partial charge in [0.2, 0.25) is 11.8 Å². The number of carbonyl (C=O) groups is 2. The molecule has 2 aliphatic rings. The number of methoxy groups -OCH3 is 2. The van der Waals surface area contributed by atoms with Gasteiger partial charge < -0.3 is 19.1 Å². The Morgan fingerprint density at radius 2 is 1.85 bits per heavy atom. The summed E-state index contributed by atoms with van der Waals surface area (Å²) in [5.74, 6) is 1.95. The summed E-state index contributed by atoms with van der Waals surface area (Å²) < 4.78 is 18.7. The van der Waals surface area contributed by atoms with Crippen LogP contribution in [0.3, 0.4) is 0 Å². The lowest BCUT2D eigenvalue weighted by molar-refractivity contribution is -0.134. The number of carbonyl (C=O) groups excluding carboxylic acids is 2. The van der Waals surface area contributed by atoms with Crippen LogP contribution in [-0.2, 0) is 19.7 Å². The van der Waals surface area contributed by atoms with Gasteiger partial charge in [0.05, 0.1) is 49.8 Å². The van der Waals surface area contributed by atoms with Crippen LogP contribution in [0.5, 0.6) is 11.5 Å². The summed E-state index contributed by atoms with van der Waals surface area (Å²) in [6.07, 6.45) is 0. The molecule has 0 spiro atoms. The highest BCUT2D eigenvalue weighted by Gasteiger charge is 2.41. The maximum Gasteiger partial charge on any atom is 0.242 e. The van der Waals surface area contributed by atoms with E-state index in [1.165, 1.54) is 11.8 Å². The highest BCUT2D eigenvalue weighted by Crippen LogP contribution is 2.51. The molecule has 0 saturated carbocycles. The van der Waals surface area contributed by atoms with Crippen LogP contribution in [-0.4, -0.2) is 79.3 Å². The average molecular weight is 579 g/mol. The van der Waals surface area contributed by atoms with Gasteiger partial charge in [-0.2, -0.15) is 5.10 Å². The van der Waals surface area contributed by atoms with Crippen LogP contribution in [0.4, 0.5) is 5.82 Å². The Balaban J connectivity index is 1.77. The average Bonchev–Trinajstić information content (AvgIpc) is 3.31. The molecule has 0 radical (unpaired) electrons. The molecule has 3 aromatic rings. The van der Waals surface area contributed by atoms with Gasteiger partial charge in [-0.15, -0.1) is 11.8 Å². The van der Waals surface area contributed by atoms with Gasteiger partial charge in [-0.25, -0.2) is 4.68 Å². The molecule has 218 valence electrons. The zero-order chi connectivity index (χ0) is 29.3. The molecule has 2 aliphatic heterocycles. The van der Waals surface area contributed by atoms with E-state index < -0.39 is 0 Å². The fourth-order valence-corrected chi connectivity index (χ4v) is 6.56. The molecule has 2 aromatic carbocycles. The normalized spacial score (nSPS) is 17.7. The van der Waals surface area contributed by atoms with E-state index in [0.29, 0.717) is 43.6 Å². The molecule has 1 atom stereocenters. The standard InChI is InChI=1S/C31H38N4O5S/c1-20-8-7-9-21(16-20)35-30-27(29(32-35)31(2,3)4)28(23-17-22(38-5)10-11-24(23)39-6)41-19-26(37)34(30)18-25(36)33-12-14-40-15-13-33/h7-11,16-17,28H,12-15,18-19H2,1-6H3/t28-/m1/s1. The number of fused-ring (bicyclic) bond motifs is 1. The van der Waals surface area contributed by atoms with Gasteiger partial charge in [-0.1, -0.05) is 32.9 Å². The predicted octanol–water partition coefficient (Wildman–Crippen LogP) is 4.52. The number of morpholine rings is 1.